The van der Waals surface area contributed by atoms with Crippen molar-refractivity contribution < 1.29 is 19.0 Å². The minimum Gasteiger partial charge on any atom is -0.493 e. The van der Waals surface area contributed by atoms with Gasteiger partial charge in [-0.05, 0) is 55.5 Å². The number of hydrogen-bond acceptors (Lipinski definition) is 5. The number of carbonyl (C=O) groups is 1. The number of benzene rings is 1. The molecule has 3 rings (SSSR count). The van der Waals surface area contributed by atoms with E-state index in [0.29, 0.717) is 35.6 Å². The van der Waals surface area contributed by atoms with Gasteiger partial charge >= 0.3 is 0 Å². The van der Waals surface area contributed by atoms with Crippen molar-refractivity contribution in [1.82, 2.24) is 4.98 Å². The maximum Gasteiger partial charge on any atom is 0.263 e. The second kappa shape index (κ2) is 9.97. The average molecular weight is 384 g/mol. The summed E-state index contributed by atoms with van der Waals surface area (Å²) in [5.74, 6) is 2.41. The lowest BCUT2D eigenvalue weighted by Gasteiger charge is -2.22. The van der Waals surface area contributed by atoms with Crippen LogP contribution in [0.3, 0.4) is 0 Å². The van der Waals surface area contributed by atoms with Gasteiger partial charge in [-0.25, -0.2) is 4.98 Å². The highest BCUT2D eigenvalue weighted by atomic mass is 16.5. The van der Waals surface area contributed by atoms with Gasteiger partial charge in [-0.1, -0.05) is 25.3 Å². The molecule has 1 aliphatic rings. The highest BCUT2D eigenvalue weighted by Crippen LogP contribution is 2.29. The molecule has 1 fully saturated rings. The topological polar surface area (TPSA) is 69.7 Å². The molecule has 1 aliphatic carbocycles. The van der Waals surface area contributed by atoms with E-state index in [4.69, 9.17) is 14.2 Å². The largest absolute Gasteiger partial charge is 0.493 e. The molecular formula is C22H28N2O4. The molecule has 0 bridgehead atoms. The molecule has 2 aromatic rings. The SMILES string of the molecule is COc1cc(C)ccc1OCC(=O)Nc1ncccc1OCC1CCCCC1. The fourth-order valence-electron chi connectivity index (χ4n) is 3.37. The Kier molecular flexibility index (Phi) is 7.12. The zero-order chi connectivity index (χ0) is 19.8. The van der Waals surface area contributed by atoms with Gasteiger partial charge in [-0.3, -0.25) is 4.79 Å². The summed E-state index contributed by atoms with van der Waals surface area (Å²) < 4.78 is 16.9. The average Bonchev–Trinajstić information content (AvgIpc) is 2.73. The molecule has 0 spiro atoms. The third-order valence-corrected chi connectivity index (χ3v) is 4.91. The van der Waals surface area contributed by atoms with Crippen molar-refractivity contribution in [3.05, 3.63) is 42.1 Å². The minimum atomic E-state index is -0.302. The monoisotopic (exact) mass is 384 g/mol. The lowest BCUT2D eigenvalue weighted by molar-refractivity contribution is -0.118. The quantitative estimate of drug-likeness (QED) is 0.732. The molecule has 1 aromatic heterocycles. The fraction of sp³-hybridized carbons (Fsp3) is 0.455. The number of nitrogens with zero attached hydrogens (tertiary/aromatic N) is 1. The molecule has 6 nitrogen and oxygen atoms in total. The first kappa shape index (κ1) is 20.0. The van der Waals surface area contributed by atoms with Gasteiger partial charge < -0.3 is 19.5 Å². The number of methoxy groups -OCH3 is 1. The summed E-state index contributed by atoms with van der Waals surface area (Å²) in [6, 6.07) is 9.20. The number of aromatic nitrogens is 1. The predicted octanol–water partition coefficient (Wildman–Crippen LogP) is 4.38. The first-order chi connectivity index (χ1) is 13.7. The molecule has 0 atom stereocenters. The van der Waals surface area contributed by atoms with Gasteiger partial charge in [0.15, 0.2) is 29.7 Å². The van der Waals surface area contributed by atoms with E-state index in [1.54, 1.807) is 25.4 Å². The smallest absolute Gasteiger partial charge is 0.263 e. The van der Waals surface area contributed by atoms with Crippen LogP contribution in [-0.4, -0.2) is 31.2 Å². The summed E-state index contributed by atoms with van der Waals surface area (Å²) in [6.07, 6.45) is 7.89. The van der Waals surface area contributed by atoms with E-state index in [2.05, 4.69) is 10.3 Å². The van der Waals surface area contributed by atoms with Crippen molar-refractivity contribution in [2.45, 2.75) is 39.0 Å². The predicted molar refractivity (Wildman–Crippen MR) is 108 cm³/mol. The van der Waals surface area contributed by atoms with Gasteiger partial charge in [0, 0.05) is 6.20 Å². The zero-order valence-electron chi connectivity index (χ0n) is 16.6. The normalized spacial score (nSPS) is 14.4. The molecule has 1 N–H and O–H groups in total. The lowest BCUT2D eigenvalue weighted by Crippen LogP contribution is -2.22. The van der Waals surface area contributed by atoms with E-state index >= 15 is 0 Å². The summed E-state index contributed by atoms with van der Waals surface area (Å²) in [5, 5.41) is 2.78. The third kappa shape index (κ3) is 5.62. The summed E-state index contributed by atoms with van der Waals surface area (Å²) >= 11 is 0. The number of anilines is 1. The van der Waals surface area contributed by atoms with E-state index in [9.17, 15) is 4.79 Å². The maximum absolute atomic E-state index is 12.3. The molecule has 1 amide bonds. The Labute approximate surface area is 166 Å². The van der Waals surface area contributed by atoms with Crippen LogP contribution in [0.1, 0.15) is 37.7 Å². The standard InChI is InChI=1S/C22H28N2O4/c1-16-10-11-18(20(13-16)26-2)28-15-21(25)24-22-19(9-6-12-23-22)27-14-17-7-4-3-5-8-17/h6,9-13,17H,3-5,7-8,14-15H2,1-2H3,(H,23,24,25). The number of rotatable bonds is 8. The number of amides is 1. The molecule has 1 aromatic carbocycles. The van der Waals surface area contributed by atoms with E-state index in [0.717, 1.165) is 5.56 Å². The second-order valence-electron chi connectivity index (χ2n) is 7.16. The highest BCUT2D eigenvalue weighted by molar-refractivity contribution is 5.92. The van der Waals surface area contributed by atoms with Crippen LogP contribution in [0.5, 0.6) is 17.2 Å². The van der Waals surface area contributed by atoms with Gasteiger partial charge in [0.05, 0.1) is 13.7 Å². The highest BCUT2D eigenvalue weighted by Gasteiger charge is 2.16. The number of hydrogen-bond donors (Lipinski definition) is 1. The number of carbonyl (C=O) groups excluding carboxylic acids is 1. The van der Waals surface area contributed by atoms with Crippen LogP contribution in [0, 0.1) is 12.8 Å². The minimum absolute atomic E-state index is 0.141. The third-order valence-electron chi connectivity index (χ3n) is 4.91. The number of ether oxygens (including phenoxy) is 3. The molecule has 6 heteroatoms. The van der Waals surface area contributed by atoms with Crippen molar-refractivity contribution in [2.75, 3.05) is 25.6 Å². The Morgan fingerprint density at radius 2 is 1.93 bits per heavy atom. The summed E-state index contributed by atoms with van der Waals surface area (Å²) in [5.41, 5.74) is 1.06. The summed E-state index contributed by atoms with van der Waals surface area (Å²) in [4.78, 5) is 16.6. The Morgan fingerprint density at radius 1 is 1.11 bits per heavy atom. The molecule has 28 heavy (non-hydrogen) atoms. The Bertz CT molecular complexity index is 788. The van der Waals surface area contributed by atoms with Crippen LogP contribution in [0.15, 0.2) is 36.5 Å². The number of nitrogens with one attached hydrogen (secondary N) is 1. The molecule has 0 aliphatic heterocycles. The lowest BCUT2D eigenvalue weighted by atomic mass is 9.90. The van der Waals surface area contributed by atoms with Gasteiger partial charge in [0.2, 0.25) is 0 Å². The van der Waals surface area contributed by atoms with Crippen LogP contribution in [-0.2, 0) is 4.79 Å². The van der Waals surface area contributed by atoms with Crippen molar-refractivity contribution in [3.63, 3.8) is 0 Å². The maximum atomic E-state index is 12.3. The number of aryl methyl sites for hydroxylation is 1. The Balaban J connectivity index is 1.55. The molecular weight excluding hydrogens is 356 g/mol. The first-order valence-electron chi connectivity index (χ1n) is 9.81. The van der Waals surface area contributed by atoms with Crippen molar-refractivity contribution in [3.8, 4) is 17.2 Å². The Hall–Kier alpha value is -2.76. The van der Waals surface area contributed by atoms with Crippen molar-refractivity contribution >= 4 is 11.7 Å². The van der Waals surface area contributed by atoms with Crippen LogP contribution in [0.4, 0.5) is 5.82 Å². The molecule has 0 saturated heterocycles. The van der Waals surface area contributed by atoms with Crippen molar-refractivity contribution in [2.24, 2.45) is 5.92 Å². The van der Waals surface area contributed by atoms with Gasteiger partial charge in [-0.15, -0.1) is 0 Å². The second-order valence-corrected chi connectivity index (χ2v) is 7.16. The van der Waals surface area contributed by atoms with E-state index in [1.807, 2.05) is 25.1 Å². The van der Waals surface area contributed by atoms with Crippen LogP contribution in [0.2, 0.25) is 0 Å². The van der Waals surface area contributed by atoms with Gasteiger partial charge in [-0.2, -0.15) is 0 Å². The van der Waals surface area contributed by atoms with E-state index < -0.39 is 0 Å². The molecule has 0 radical (unpaired) electrons. The molecule has 0 unspecified atom stereocenters. The fourth-order valence-corrected chi connectivity index (χ4v) is 3.37. The van der Waals surface area contributed by atoms with E-state index in [1.165, 1.54) is 32.1 Å². The molecule has 150 valence electrons. The summed E-state index contributed by atoms with van der Waals surface area (Å²) in [7, 11) is 1.57. The van der Waals surface area contributed by atoms with Crippen molar-refractivity contribution in [1.29, 1.82) is 0 Å². The zero-order valence-corrected chi connectivity index (χ0v) is 16.6. The number of pyridine rings is 1. The molecule has 1 saturated carbocycles. The Morgan fingerprint density at radius 3 is 2.71 bits per heavy atom. The first-order valence-corrected chi connectivity index (χ1v) is 9.81. The summed E-state index contributed by atoms with van der Waals surface area (Å²) in [6.45, 7) is 2.48. The van der Waals surface area contributed by atoms with Gasteiger partial charge in [0.1, 0.15) is 0 Å². The van der Waals surface area contributed by atoms with Crippen LogP contribution < -0.4 is 19.5 Å². The van der Waals surface area contributed by atoms with E-state index in [-0.39, 0.29) is 12.5 Å². The van der Waals surface area contributed by atoms with Crippen LogP contribution >= 0.6 is 0 Å². The molecule has 1 heterocycles. The van der Waals surface area contributed by atoms with Crippen LogP contribution in [0.25, 0.3) is 0 Å². The van der Waals surface area contributed by atoms with Gasteiger partial charge in [0.25, 0.3) is 5.91 Å².